The minimum absolute atomic E-state index is 0.0134. The number of hydrogen-bond donors (Lipinski definition) is 0. The number of para-hydroxylation sites is 1. The first-order chi connectivity index (χ1) is 17.4. The number of nitro benzene ring substituents is 1. The van der Waals surface area contributed by atoms with Crippen molar-refractivity contribution in [2.24, 2.45) is 5.10 Å². The van der Waals surface area contributed by atoms with Gasteiger partial charge in [0.2, 0.25) is 5.75 Å². The normalized spacial score (nSPS) is 11.0. The molecule has 0 bridgehead atoms. The van der Waals surface area contributed by atoms with Gasteiger partial charge in [-0.05, 0) is 36.8 Å². The van der Waals surface area contributed by atoms with Crippen LogP contribution < -0.4 is 10.3 Å². The molecule has 9 nitrogen and oxygen atoms in total. The number of hydrogen-bond acceptors (Lipinski definition) is 7. The van der Waals surface area contributed by atoms with E-state index in [9.17, 15) is 20.2 Å². The Balaban J connectivity index is 1.79. The molecular formula is C26H20BrN5O4. The zero-order valence-electron chi connectivity index (χ0n) is 19.2. The van der Waals surface area contributed by atoms with Crippen molar-refractivity contribution in [3.63, 3.8) is 0 Å². The maximum atomic E-state index is 13.3. The van der Waals surface area contributed by atoms with Crippen molar-refractivity contribution in [1.29, 1.82) is 5.26 Å². The van der Waals surface area contributed by atoms with E-state index in [2.05, 4.69) is 32.1 Å². The minimum Gasteiger partial charge on any atom is -0.481 e. The highest BCUT2D eigenvalue weighted by Gasteiger charge is 2.19. The molecule has 0 saturated carbocycles. The molecule has 0 atom stereocenters. The van der Waals surface area contributed by atoms with E-state index in [0.29, 0.717) is 39.8 Å². The van der Waals surface area contributed by atoms with Gasteiger partial charge in [0.25, 0.3) is 5.56 Å². The van der Waals surface area contributed by atoms with Crippen molar-refractivity contribution >= 4 is 38.7 Å². The SMILES string of the molecule is CCCc1nc2ccc(Br)cc2c(=O)n1N=Cc1cccc([N+](=O)[O-])c1OCc1ccccc1C#N. The molecular weight excluding hydrogens is 526 g/mol. The second-order valence-corrected chi connectivity index (χ2v) is 8.73. The predicted octanol–water partition coefficient (Wildman–Crippen LogP) is 5.35. The maximum absolute atomic E-state index is 13.3. The Morgan fingerprint density at radius 1 is 1.22 bits per heavy atom. The summed E-state index contributed by atoms with van der Waals surface area (Å²) in [4.78, 5) is 29.0. The molecule has 36 heavy (non-hydrogen) atoms. The zero-order chi connectivity index (χ0) is 25.7. The molecule has 0 aliphatic heterocycles. The fourth-order valence-electron chi connectivity index (χ4n) is 3.67. The third-order valence-corrected chi connectivity index (χ3v) is 5.89. The molecule has 0 radical (unpaired) electrons. The van der Waals surface area contributed by atoms with Gasteiger partial charge >= 0.3 is 5.69 Å². The second-order valence-electron chi connectivity index (χ2n) is 7.81. The Morgan fingerprint density at radius 3 is 2.78 bits per heavy atom. The first-order valence-electron chi connectivity index (χ1n) is 11.1. The fraction of sp³-hybridized carbons (Fsp3) is 0.154. The lowest BCUT2D eigenvalue weighted by atomic mass is 10.1. The van der Waals surface area contributed by atoms with E-state index in [1.807, 2.05) is 13.0 Å². The number of aromatic nitrogens is 2. The van der Waals surface area contributed by atoms with Gasteiger partial charge < -0.3 is 4.74 Å². The standard InChI is InChI=1S/C26H20BrN5O4/c1-2-6-24-30-22-12-11-20(27)13-21(22)26(33)31(24)29-15-18-9-5-10-23(32(34)35)25(18)36-16-19-8-4-3-7-17(19)14-28/h3-5,7-13,15H,2,6,16H2,1H3. The third-order valence-electron chi connectivity index (χ3n) is 5.39. The smallest absolute Gasteiger partial charge is 0.311 e. The lowest BCUT2D eigenvalue weighted by Gasteiger charge is -2.11. The van der Waals surface area contributed by atoms with Gasteiger partial charge in [-0.3, -0.25) is 14.9 Å². The van der Waals surface area contributed by atoms with Crippen LogP contribution in [0.15, 0.2) is 75.0 Å². The molecule has 3 aromatic carbocycles. The monoisotopic (exact) mass is 545 g/mol. The summed E-state index contributed by atoms with van der Waals surface area (Å²) in [6.07, 6.45) is 2.61. The van der Waals surface area contributed by atoms with Crippen molar-refractivity contribution in [3.05, 3.63) is 108 Å². The number of benzene rings is 3. The molecule has 4 rings (SSSR count). The lowest BCUT2D eigenvalue weighted by molar-refractivity contribution is -0.385. The van der Waals surface area contributed by atoms with E-state index in [4.69, 9.17) is 4.74 Å². The largest absolute Gasteiger partial charge is 0.481 e. The molecule has 4 aromatic rings. The van der Waals surface area contributed by atoms with Crippen molar-refractivity contribution in [1.82, 2.24) is 9.66 Å². The summed E-state index contributed by atoms with van der Waals surface area (Å²) < 4.78 is 7.80. The van der Waals surface area contributed by atoms with Crippen LogP contribution >= 0.6 is 15.9 Å². The van der Waals surface area contributed by atoms with Gasteiger partial charge in [0.15, 0.2) is 0 Å². The summed E-state index contributed by atoms with van der Waals surface area (Å²) in [7, 11) is 0. The summed E-state index contributed by atoms with van der Waals surface area (Å²) in [6.45, 7) is 1.92. The number of aryl methyl sites for hydroxylation is 1. The number of nitrogens with zero attached hydrogens (tertiary/aromatic N) is 5. The number of ether oxygens (including phenoxy) is 1. The molecule has 1 heterocycles. The lowest BCUT2D eigenvalue weighted by Crippen LogP contribution is -2.22. The number of nitro groups is 1. The molecule has 0 spiro atoms. The summed E-state index contributed by atoms with van der Waals surface area (Å²) in [5.41, 5.74) is 1.27. The molecule has 0 aliphatic rings. The molecule has 0 unspecified atom stereocenters. The van der Waals surface area contributed by atoms with Gasteiger partial charge in [0.05, 0.1) is 33.7 Å². The summed E-state index contributed by atoms with van der Waals surface area (Å²) >= 11 is 3.38. The predicted molar refractivity (Wildman–Crippen MR) is 139 cm³/mol. The zero-order valence-corrected chi connectivity index (χ0v) is 20.8. The van der Waals surface area contributed by atoms with Gasteiger partial charge in [-0.25, -0.2) is 4.98 Å². The highest BCUT2D eigenvalue weighted by molar-refractivity contribution is 9.10. The highest BCUT2D eigenvalue weighted by Crippen LogP contribution is 2.31. The molecule has 0 fully saturated rings. The third kappa shape index (κ3) is 5.16. The molecule has 180 valence electrons. The van der Waals surface area contributed by atoms with Gasteiger partial charge in [0, 0.05) is 28.1 Å². The average molecular weight is 546 g/mol. The van der Waals surface area contributed by atoms with Crippen LogP contribution in [0.25, 0.3) is 10.9 Å². The van der Waals surface area contributed by atoms with E-state index < -0.39 is 4.92 Å². The maximum Gasteiger partial charge on any atom is 0.311 e. The number of nitriles is 1. The molecule has 1 aromatic heterocycles. The molecule has 0 amide bonds. The Morgan fingerprint density at radius 2 is 2.03 bits per heavy atom. The van der Waals surface area contributed by atoms with E-state index in [1.165, 1.54) is 23.0 Å². The van der Waals surface area contributed by atoms with Crippen LogP contribution in [0.3, 0.4) is 0 Å². The molecule has 0 aliphatic carbocycles. The van der Waals surface area contributed by atoms with Crippen LogP contribution in [-0.2, 0) is 13.0 Å². The van der Waals surface area contributed by atoms with Crippen LogP contribution in [0.1, 0.15) is 35.9 Å². The topological polar surface area (TPSA) is 123 Å². The van der Waals surface area contributed by atoms with Crippen LogP contribution in [0.4, 0.5) is 5.69 Å². The Labute approximate surface area is 214 Å². The number of halogens is 1. The van der Waals surface area contributed by atoms with Crippen LogP contribution in [-0.4, -0.2) is 20.8 Å². The Bertz CT molecular complexity index is 1590. The van der Waals surface area contributed by atoms with Crippen molar-refractivity contribution in [2.75, 3.05) is 0 Å². The van der Waals surface area contributed by atoms with Gasteiger partial charge in [-0.2, -0.15) is 15.0 Å². The first kappa shape index (κ1) is 24.8. The quantitative estimate of drug-likeness (QED) is 0.167. The van der Waals surface area contributed by atoms with E-state index in [0.717, 1.165) is 10.9 Å². The highest BCUT2D eigenvalue weighted by atomic mass is 79.9. The Hall–Kier alpha value is -4.36. The summed E-state index contributed by atoms with van der Waals surface area (Å²) in [5.74, 6) is 0.463. The number of fused-ring (bicyclic) bond motifs is 1. The Kier molecular flexibility index (Phi) is 7.51. The molecule has 0 N–H and O–H groups in total. The molecule has 10 heteroatoms. The second kappa shape index (κ2) is 10.9. The minimum atomic E-state index is -0.549. The van der Waals surface area contributed by atoms with Crippen LogP contribution in [0, 0.1) is 21.4 Å². The average Bonchev–Trinajstić information content (AvgIpc) is 2.88. The van der Waals surface area contributed by atoms with E-state index in [1.54, 1.807) is 42.5 Å². The van der Waals surface area contributed by atoms with Crippen LogP contribution in [0.5, 0.6) is 5.75 Å². The summed E-state index contributed by atoms with van der Waals surface area (Å²) in [6, 6.07) is 18.6. The van der Waals surface area contributed by atoms with Crippen molar-refractivity contribution in [3.8, 4) is 11.8 Å². The van der Waals surface area contributed by atoms with Gasteiger partial charge in [-0.1, -0.05) is 47.1 Å². The summed E-state index contributed by atoms with van der Waals surface area (Å²) in [5, 5.41) is 25.8. The van der Waals surface area contributed by atoms with Crippen molar-refractivity contribution < 1.29 is 9.66 Å². The van der Waals surface area contributed by atoms with Crippen LogP contribution in [0.2, 0.25) is 0 Å². The van der Waals surface area contributed by atoms with E-state index in [-0.39, 0.29) is 23.6 Å². The first-order valence-corrected chi connectivity index (χ1v) is 11.9. The molecule has 0 saturated heterocycles. The van der Waals surface area contributed by atoms with Gasteiger partial charge in [-0.15, -0.1) is 0 Å². The van der Waals surface area contributed by atoms with Gasteiger partial charge in [0.1, 0.15) is 12.4 Å². The van der Waals surface area contributed by atoms with E-state index >= 15 is 0 Å². The van der Waals surface area contributed by atoms with Crippen molar-refractivity contribution in [2.45, 2.75) is 26.4 Å². The fourth-order valence-corrected chi connectivity index (χ4v) is 4.03. The number of rotatable bonds is 8.